The standard InChI is InChI=1S/C15H10BrNO3/c1-8-5-9(7-10(16)6-8)14-17-13-11(15(18)19)3-2-4-12(13)20-14/h2-7H,1H3,(H,18,19). The smallest absolute Gasteiger partial charge is 0.338 e. The minimum absolute atomic E-state index is 0.143. The third-order valence-electron chi connectivity index (χ3n) is 2.94. The summed E-state index contributed by atoms with van der Waals surface area (Å²) in [5, 5.41) is 9.16. The van der Waals surface area contributed by atoms with Crippen LogP contribution in [0.1, 0.15) is 15.9 Å². The second-order valence-corrected chi connectivity index (χ2v) is 5.41. The first-order valence-corrected chi connectivity index (χ1v) is 6.74. The highest BCUT2D eigenvalue weighted by atomic mass is 79.9. The van der Waals surface area contributed by atoms with Gasteiger partial charge in [0.15, 0.2) is 5.58 Å². The lowest BCUT2D eigenvalue weighted by Gasteiger charge is -1.99. The van der Waals surface area contributed by atoms with E-state index in [0.717, 1.165) is 15.6 Å². The molecule has 0 aliphatic rings. The van der Waals surface area contributed by atoms with E-state index in [9.17, 15) is 4.79 Å². The third kappa shape index (κ3) is 2.20. The summed E-state index contributed by atoms with van der Waals surface area (Å²) in [5.74, 6) is -0.598. The minimum atomic E-state index is -1.01. The fourth-order valence-corrected chi connectivity index (χ4v) is 2.71. The van der Waals surface area contributed by atoms with E-state index >= 15 is 0 Å². The molecule has 1 heterocycles. The van der Waals surface area contributed by atoms with E-state index in [1.807, 2.05) is 25.1 Å². The lowest BCUT2D eigenvalue weighted by molar-refractivity contribution is 0.0699. The average Bonchev–Trinajstić information content (AvgIpc) is 2.80. The lowest BCUT2D eigenvalue weighted by atomic mass is 10.1. The number of halogens is 1. The molecule has 0 saturated carbocycles. The molecule has 3 rings (SSSR count). The largest absolute Gasteiger partial charge is 0.478 e. The first-order valence-electron chi connectivity index (χ1n) is 5.95. The van der Waals surface area contributed by atoms with E-state index in [2.05, 4.69) is 20.9 Å². The quantitative estimate of drug-likeness (QED) is 0.761. The van der Waals surface area contributed by atoms with Crippen LogP contribution in [-0.4, -0.2) is 16.1 Å². The average molecular weight is 332 g/mol. The summed E-state index contributed by atoms with van der Waals surface area (Å²) in [5.41, 5.74) is 2.86. The van der Waals surface area contributed by atoms with Crippen molar-refractivity contribution in [3.8, 4) is 11.5 Å². The Kier molecular flexibility index (Phi) is 3.06. The van der Waals surface area contributed by atoms with Crippen molar-refractivity contribution in [2.24, 2.45) is 0 Å². The Morgan fingerprint density at radius 2 is 2.10 bits per heavy atom. The van der Waals surface area contributed by atoms with Gasteiger partial charge in [-0.25, -0.2) is 9.78 Å². The van der Waals surface area contributed by atoms with Crippen molar-refractivity contribution in [3.63, 3.8) is 0 Å². The number of nitrogens with zero attached hydrogens (tertiary/aromatic N) is 1. The van der Waals surface area contributed by atoms with E-state index in [0.29, 0.717) is 17.0 Å². The van der Waals surface area contributed by atoms with Gasteiger partial charge in [0.05, 0.1) is 5.56 Å². The molecule has 0 aliphatic carbocycles. The maximum absolute atomic E-state index is 11.2. The zero-order chi connectivity index (χ0) is 14.3. The first-order chi connectivity index (χ1) is 9.54. The number of rotatable bonds is 2. The molecule has 0 unspecified atom stereocenters. The zero-order valence-corrected chi connectivity index (χ0v) is 12.1. The summed E-state index contributed by atoms with van der Waals surface area (Å²) in [6, 6.07) is 10.7. The van der Waals surface area contributed by atoms with Crippen molar-refractivity contribution in [1.82, 2.24) is 4.98 Å². The number of hydrogen-bond acceptors (Lipinski definition) is 3. The second kappa shape index (κ2) is 4.76. The van der Waals surface area contributed by atoms with Gasteiger partial charge < -0.3 is 9.52 Å². The molecular formula is C15H10BrNO3. The predicted octanol–water partition coefficient (Wildman–Crippen LogP) is 4.26. The number of oxazole rings is 1. The highest BCUT2D eigenvalue weighted by molar-refractivity contribution is 9.10. The number of fused-ring (bicyclic) bond motifs is 1. The molecule has 0 spiro atoms. The molecular weight excluding hydrogens is 322 g/mol. The fourth-order valence-electron chi connectivity index (χ4n) is 2.10. The molecule has 0 atom stereocenters. The summed E-state index contributed by atoms with van der Waals surface area (Å²) in [7, 11) is 0. The topological polar surface area (TPSA) is 63.3 Å². The van der Waals surface area contributed by atoms with Crippen molar-refractivity contribution in [3.05, 3.63) is 52.0 Å². The van der Waals surface area contributed by atoms with Crippen LogP contribution >= 0.6 is 15.9 Å². The van der Waals surface area contributed by atoms with Crippen LogP contribution in [0, 0.1) is 6.92 Å². The van der Waals surface area contributed by atoms with Gasteiger partial charge in [-0.15, -0.1) is 0 Å². The van der Waals surface area contributed by atoms with Crippen LogP contribution in [0.25, 0.3) is 22.6 Å². The Hall–Kier alpha value is -2.14. The Morgan fingerprint density at radius 3 is 2.80 bits per heavy atom. The number of carbonyl (C=O) groups is 1. The van der Waals surface area contributed by atoms with E-state index < -0.39 is 5.97 Å². The number of aromatic carboxylic acids is 1. The molecule has 0 saturated heterocycles. The van der Waals surface area contributed by atoms with Crippen LogP contribution in [0.4, 0.5) is 0 Å². The normalized spacial score (nSPS) is 10.9. The van der Waals surface area contributed by atoms with Crippen molar-refractivity contribution in [1.29, 1.82) is 0 Å². The number of aryl methyl sites for hydroxylation is 1. The molecule has 1 aromatic heterocycles. The van der Waals surface area contributed by atoms with Gasteiger partial charge >= 0.3 is 5.97 Å². The summed E-state index contributed by atoms with van der Waals surface area (Å²) in [4.78, 5) is 15.5. The number of para-hydroxylation sites is 1. The van der Waals surface area contributed by atoms with Crippen molar-refractivity contribution >= 4 is 33.0 Å². The maximum Gasteiger partial charge on any atom is 0.338 e. The molecule has 0 bridgehead atoms. The van der Waals surface area contributed by atoms with Crippen LogP contribution in [0.5, 0.6) is 0 Å². The maximum atomic E-state index is 11.2. The molecule has 0 fully saturated rings. The Bertz CT molecular complexity index is 803. The summed E-state index contributed by atoms with van der Waals surface area (Å²) in [6.45, 7) is 1.97. The van der Waals surface area contributed by atoms with Crippen molar-refractivity contribution in [2.75, 3.05) is 0 Å². The van der Waals surface area contributed by atoms with Gasteiger partial charge in [0, 0.05) is 10.0 Å². The molecule has 4 nitrogen and oxygen atoms in total. The Balaban J connectivity index is 2.23. The van der Waals surface area contributed by atoms with E-state index in [1.165, 1.54) is 6.07 Å². The van der Waals surface area contributed by atoms with Crippen molar-refractivity contribution in [2.45, 2.75) is 6.92 Å². The summed E-state index contributed by atoms with van der Waals surface area (Å²) in [6.07, 6.45) is 0. The molecule has 20 heavy (non-hydrogen) atoms. The van der Waals surface area contributed by atoms with Gasteiger partial charge in [-0.05, 0) is 42.8 Å². The molecule has 5 heteroatoms. The lowest BCUT2D eigenvalue weighted by Crippen LogP contribution is -1.96. The van der Waals surface area contributed by atoms with Gasteiger partial charge in [0.1, 0.15) is 5.52 Å². The van der Waals surface area contributed by atoms with Gasteiger partial charge in [0.25, 0.3) is 0 Å². The zero-order valence-electron chi connectivity index (χ0n) is 10.6. The Labute approximate surface area is 123 Å². The molecule has 1 N–H and O–H groups in total. The molecule has 2 aromatic carbocycles. The van der Waals surface area contributed by atoms with E-state index in [-0.39, 0.29) is 5.56 Å². The molecule has 0 radical (unpaired) electrons. The van der Waals surface area contributed by atoms with Crippen molar-refractivity contribution < 1.29 is 14.3 Å². The fraction of sp³-hybridized carbons (Fsp3) is 0.0667. The SMILES string of the molecule is Cc1cc(Br)cc(-c2nc3c(C(=O)O)cccc3o2)c1. The minimum Gasteiger partial charge on any atom is -0.478 e. The predicted molar refractivity (Wildman–Crippen MR) is 78.8 cm³/mol. The molecule has 0 aliphatic heterocycles. The molecule has 3 aromatic rings. The summed E-state index contributed by atoms with van der Waals surface area (Å²) < 4.78 is 6.58. The van der Waals surface area contributed by atoms with Crippen LogP contribution < -0.4 is 0 Å². The second-order valence-electron chi connectivity index (χ2n) is 4.49. The number of carboxylic acids is 1. The Morgan fingerprint density at radius 1 is 1.30 bits per heavy atom. The highest BCUT2D eigenvalue weighted by Gasteiger charge is 2.15. The van der Waals surface area contributed by atoms with Crippen LogP contribution in [0.3, 0.4) is 0 Å². The van der Waals surface area contributed by atoms with Crippen LogP contribution in [0.15, 0.2) is 45.3 Å². The van der Waals surface area contributed by atoms with Crippen LogP contribution in [0.2, 0.25) is 0 Å². The molecule has 0 amide bonds. The monoisotopic (exact) mass is 331 g/mol. The van der Waals surface area contributed by atoms with Gasteiger partial charge in [-0.1, -0.05) is 22.0 Å². The third-order valence-corrected chi connectivity index (χ3v) is 3.40. The number of carboxylic acid groups (broad SMARTS) is 1. The van der Waals surface area contributed by atoms with Gasteiger partial charge in [-0.2, -0.15) is 0 Å². The van der Waals surface area contributed by atoms with Gasteiger partial charge in [0.2, 0.25) is 5.89 Å². The first kappa shape index (κ1) is 12.9. The van der Waals surface area contributed by atoms with Gasteiger partial charge in [-0.3, -0.25) is 0 Å². The number of aromatic nitrogens is 1. The van der Waals surface area contributed by atoms with E-state index in [4.69, 9.17) is 9.52 Å². The van der Waals surface area contributed by atoms with E-state index in [1.54, 1.807) is 12.1 Å². The summed E-state index contributed by atoms with van der Waals surface area (Å²) >= 11 is 3.43. The highest BCUT2D eigenvalue weighted by Crippen LogP contribution is 2.29. The van der Waals surface area contributed by atoms with Crippen LogP contribution in [-0.2, 0) is 0 Å². The number of hydrogen-bond donors (Lipinski definition) is 1. The number of benzene rings is 2. The molecule has 100 valence electrons.